The van der Waals surface area contributed by atoms with Crippen molar-refractivity contribution in [2.45, 2.75) is 12.5 Å². The molecule has 0 bridgehead atoms. The molecule has 0 spiro atoms. The molecule has 1 atom stereocenters. The molecular weight excluding hydrogens is 302 g/mol. The summed E-state index contributed by atoms with van der Waals surface area (Å²) in [5.41, 5.74) is 1.11. The molecule has 114 valence electrons. The lowest BCUT2D eigenvalue weighted by Crippen LogP contribution is -2.39. The van der Waals surface area contributed by atoms with E-state index >= 15 is 0 Å². The molecule has 1 fully saturated rings. The zero-order chi connectivity index (χ0) is 15.4. The van der Waals surface area contributed by atoms with E-state index in [1.54, 1.807) is 18.3 Å². The maximum atomic E-state index is 11.9. The van der Waals surface area contributed by atoms with Gasteiger partial charge in [-0.3, -0.25) is 5.32 Å². The smallest absolute Gasteiger partial charge is 0.320 e. The molecule has 0 saturated carbocycles. The molecule has 2 amide bonds. The van der Waals surface area contributed by atoms with Crippen LogP contribution in [0.5, 0.6) is 0 Å². The van der Waals surface area contributed by atoms with Gasteiger partial charge in [-0.05, 0) is 42.8 Å². The number of halogens is 1. The monoisotopic (exact) mass is 317 g/mol. The number of carbonyl (C=O) groups excluding carboxylic acids is 1. The maximum absolute atomic E-state index is 11.9. The quantitative estimate of drug-likeness (QED) is 0.912. The van der Waals surface area contributed by atoms with Crippen molar-refractivity contribution in [1.82, 2.24) is 15.5 Å². The molecule has 2 heterocycles. The minimum atomic E-state index is -0.261. The number of urea groups is 1. The minimum absolute atomic E-state index is 0.104. The van der Waals surface area contributed by atoms with Crippen LogP contribution in [0.1, 0.15) is 6.42 Å². The van der Waals surface area contributed by atoms with Gasteiger partial charge in [0.2, 0.25) is 0 Å². The summed E-state index contributed by atoms with van der Waals surface area (Å²) in [6.45, 7) is 1.67. The third kappa shape index (κ3) is 3.65. The summed E-state index contributed by atoms with van der Waals surface area (Å²) in [5.74, 6) is 0.438. The fraction of sp³-hybridized carbons (Fsp3) is 0.267. The number of hydrogen-bond donors (Lipinski definition) is 2. The summed E-state index contributed by atoms with van der Waals surface area (Å²) in [5, 5.41) is 13.9. The van der Waals surface area contributed by atoms with Crippen LogP contribution in [0.3, 0.4) is 0 Å². The van der Waals surface area contributed by atoms with Crippen LogP contribution in [0.4, 0.5) is 16.3 Å². The lowest BCUT2D eigenvalue weighted by Gasteiger charge is -2.19. The number of amides is 2. The molecule has 7 heteroatoms. The Morgan fingerprint density at radius 2 is 2.09 bits per heavy atom. The second kappa shape index (κ2) is 6.62. The second-order valence-corrected chi connectivity index (χ2v) is 5.55. The molecule has 22 heavy (non-hydrogen) atoms. The number of hydrogen-bond acceptors (Lipinski definition) is 4. The van der Waals surface area contributed by atoms with Crippen molar-refractivity contribution in [3.05, 3.63) is 47.6 Å². The van der Waals surface area contributed by atoms with Crippen molar-refractivity contribution < 1.29 is 4.79 Å². The van der Waals surface area contributed by atoms with Gasteiger partial charge in [0.1, 0.15) is 0 Å². The van der Waals surface area contributed by atoms with Crippen molar-refractivity contribution >= 4 is 29.1 Å². The molecule has 3 rings (SSSR count). The average molecular weight is 318 g/mol. The largest absolute Gasteiger partial charge is 0.369 e. The first-order chi connectivity index (χ1) is 10.7. The van der Waals surface area contributed by atoms with E-state index in [-0.39, 0.29) is 12.1 Å². The Morgan fingerprint density at radius 1 is 1.27 bits per heavy atom. The summed E-state index contributed by atoms with van der Waals surface area (Å²) < 4.78 is 0. The molecule has 2 N–H and O–H groups in total. The summed E-state index contributed by atoms with van der Waals surface area (Å²) in [7, 11) is 0. The van der Waals surface area contributed by atoms with Crippen LogP contribution in [-0.2, 0) is 0 Å². The number of rotatable bonds is 3. The first-order valence-electron chi connectivity index (χ1n) is 7.06. The first-order valence-corrected chi connectivity index (χ1v) is 7.44. The lowest BCUT2D eigenvalue weighted by atomic mass is 10.3. The van der Waals surface area contributed by atoms with Crippen LogP contribution < -0.4 is 15.5 Å². The highest BCUT2D eigenvalue weighted by atomic mass is 35.5. The van der Waals surface area contributed by atoms with Gasteiger partial charge in [-0.1, -0.05) is 11.6 Å². The van der Waals surface area contributed by atoms with Gasteiger partial charge in [-0.2, -0.15) is 5.10 Å². The van der Waals surface area contributed by atoms with Gasteiger partial charge in [0, 0.05) is 36.0 Å². The SMILES string of the molecule is O=C(Nc1cccnn1)NC1CCN(c2ccc(Cl)cc2)C1. The Bertz CT molecular complexity index is 634. The standard InChI is InChI=1S/C15H16ClN5O/c16-11-3-5-13(6-4-11)21-9-7-12(10-21)18-15(22)19-14-2-1-8-17-20-14/h1-6,8,12H,7,9-10H2,(H2,18,19,20,22). The van der Waals surface area contributed by atoms with Crippen molar-refractivity contribution in [1.29, 1.82) is 0 Å². The van der Waals surface area contributed by atoms with Crippen LogP contribution in [0.2, 0.25) is 5.02 Å². The van der Waals surface area contributed by atoms with Crippen LogP contribution >= 0.6 is 11.6 Å². The molecule has 1 unspecified atom stereocenters. The zero-order valence-corrected chi connectivity index (χ0v) is 12.6. The number of nitrogens with one attached hydrogen (secondary N) is 2. The molecule has 0 radical (unpaired) electrons. The van der Waals surface area contributed by atoms with E-state index in [4.69, 9.17) is 11.6 Å². The first kappa shape index (κ1) is 14.6. The molecule has 2 aromatic rings. The van der Waals surface area contributed by atoms with E-state index in [0.717, 1.165) is 30.2 Å². The summed E-state index contributed by atoms with van der Waals surface area (Å²) in [6, 6.07) is 11.0. The lowest BCUT2D eigenvalue weighted by molar-refractivity contribution is 0.249. The molecule has 1 saturated heterocycles. The molecular formula is C15H16ClN5O. The van der Waals surface area contributed by atoms with Gasteiger partial charge in [0.25, 0.3) is 0 Å². The van der Waals surface area contributed by atoms with Crippen LogP contribution in [-0.4, -0.2) is 35.4 Å². The Balaban J connectivity index is 1.52. The zero-order valence-electron chi connectivity index (χ0n) is 11.9. The minimum Gasteiger partial charge on any atom is -0.369 e. The normalized spacial score (nSPS) is 17.3. The van der Waals surface area contributed by atoms with Crippen molar-refractivity contribution in [3.8, 4) is 0 Å². The Labute approximate surface area is 133 Å². The van der Waals surface area contributed by atoms with E-state index < -0.39 is 0 Å². The Kier molecular flexibility index (Phi) is 4.39. The number of nitrogens with zero attached hydrogens (tertiary/aromatic N) is 3. The van der Waals surface area contributed by atoms with Crippen molar-refractivity contribution in [3.63, 3.8) is 0 Å². The third-order valence-corrected chi connectivity index (χ3v) is 3.78. The predicted molar refractivity (Wildman–Crippen MR) is 86.3 cm³/mol. The van der Waals surface area contributed by atoms with E-state index in [1.165, 1.54) is 0 Å². The summed E-state index contributed by atoms with van der Waals surface area (Å²) in [6.07, 6.45) is 2.46. The fourth-order valence-electron chi connectivity index (χ4n) is 2.47. The average Bonchev–Trinajstić information content (AvgIpc) is 2.97. The Morgan fingerprint density at radius 3 is 2.82 bits per heavy atom. The highest BCUT2D eigenvalue weighted by Crippen LogP contribution is 2.22. The van der Waals surface area contributed by atoms with E-state index in [2.05, 4.69) is 25.7 Å². The molecule has 0 aliphatic carbocycles. The van der Waals surface area contributed by atoms with Crippen molar-refractivity contribution in [2.75, 3.05) is 23.3 Å². The third-order valence-electron chi connectivity index (χ3n) is 3.53. The molecule has 1 aromatic carbocycles. The summed E-state index contributed by atoms with van der Waals surface area (Å²) >= 11 is 5.90. The highest BCUT2D eigenvalue weighted by molar-refractivity contribution is 6.30. The van der Waals surface area contributed by atoms with Crippen LogP contribution in [0.15, 0.2) is 42.6 Å². The van der Waals surface area contributed by atoms with Gasteiger partial charge < -0.3 is 10.2 Å². The van der Waals surface area contributed by atoms with E-state index in [1.807, 2.05) is 24.3 Å². The second-order valence-electron chi connectivity index (χ2n) is 5.12. The van der Waals surface area contributed by atoms with Gasteiger partial charge in [-0.25, -0.2) is 4.79 Å². The molecule has 1 aromatic heterocycles. The molecule has 1 aliphatic rings. The van der Waals surface area contributed by atoms with Gasteiger partial charge >= 0.3 is 6.03 Å². The molecule has 6 nitrogen and oxygen atoms in total. The number of benzene rings is 1. The maximum Gasteiger partial charge on any atom is 0.320 e. The topological polar surface area (TPSA) is 70.1 Å². The van der Waals surface area contributed by atoms with E-state index in [0.29, 0.717) is 5.82 Å². The number of carbonyl (C=O) groups is 1. The van der Waals surface area contributed by atoms with Gasteiger partial charge in [0.15, 0.2) is 5.82 Å². The number of anilines is 2. The fourth-order valence-corrected chi connectivity index (χ4v) is 2.60. The Hall–Kier alpha value is -2.34. The van der Waals surface area contributed by atoms with E-state index in [9.17, 15) is 4.79 Å². The van der Waals surface area contributed by atoms with Gasteiger partial charge in [0.05, 0.1) is 0 Å². The number of aromatic nitrogens is 2. The van der Waals surface area contributed by atoms with Crippen LogP contribution in [0.25, 0.3) is 0 Å². The van der Waals surface area contributed by atoms with Crippen LogP contribution in [0, 0.1) is 0 Å². The van der Waals surface area contributed by atoms with Gasteiger partial charge in [-0.15, -0.1) is 5.10 Å². The highest BCUT2D eigenvalue weighted by Gasteiger charge is 2.24. The predicted octanol–water partition coefficient (Wildman–Crippen LogP) is 2.53. The van der Waals surface area contributed by atoms with Crippen molar-refractivity contribution in [2.24, 2.45) is 0 Å². The summed E-state index contributed by atoms with van der Waals surface area (Å²) in [4.78, 5) is 14.2. The molecule has 1 aliphatic heterocycles.